The average molecular weight is 772 g/mol. The number of phenols is 4. The van der Waals surface area contributed by atoms with Gasteiger partial charge in [-0.05, 0) is 110 Å². The molecule has 0 heterocycles. The lowest BCUT2D eigenvalue weighted by Crippen LogP contribution is -2.38. The zero-order chi connectivity index (χ0) is 40.6. The van der Waals surface area contributed by atoms with Crippen molar-refractivity contribution >= 4 is 29.7 Å². The molecule has 0 bridgehead atoms. The van der Waals surface area contributed by atoms with Gasteiger partial charge in [0.05, 0.1) is 5.92 Å². The van der Waals surface area contributed by atoms with Crippen LogP contribution in [0.1, 0.15) is 48.4 Å². The third kappa shape index (κ3) is 13.8. The van der Waals surface area contributed by atoms with E-state index in [0.29, 0.717) is 41.0 Å². The van der Waals surface area contributed by atoms with E-state index < -0.39 is 35.8 Å². The second-order valence-corrected chi connectivity index (χ2v) is 13.1. The number of carbonyl (C=O) groups is 5. The number of ketones is 1. The fraction of sp³-hybridized carbons (Fsp3) is 0.310. The van der Waals surface area contributed by atoms with Gasteiger partial charge in [0.2, 0.25) is 0 Å². The van der Waals surface area contributed by atoms with Crippen molar-refractivity contribution in [3.63, 3.8) is 0 Å². The van der Waals surface area contributed by atoms with E-state index in [9.17, 15) is 44.4 Å². The quantitative estimate of drug-likeness (QED) is 0.0358. The summed E-state index contributed by atoms with van der Waals surface area (Å²) in [4.78, 5) is 62.3. The number of aryl methyl sites for hydroxylation is 2. The molecule has 0 aromatic heterocycles. The second-order valence-electron chi connectivity index (χ2n) is 13.1. The zero-order valence-electron chi connectivity index (χ0n) is 31.1. The Morgan fingerprint density at radius 1 is 0.571 bits per heavy atom. The number of rotatable bonds is 20. The Morgan fingerprint density at radius 2 is 1.00 bits per heavy atom. The summed E-state index contributed by atoms with van der Waals surface area (Å²) in [6.45, 7) is 0.946. The predicted octanol–water partition coefficient (Wildman–Crippen LogP) is 4.64. The van der Waals surface area contributed by atoms with E-state index in [2.05, 4.69) is 5.32 Å². The molecule has 0 radical (unpaired) electrons. The Hall–Kier alpha value is -6.41. The number of nitrogens with one attached hydrogen (secondary N) is 1. The molecule has 0 amide bonds. The molecule has 4 aromatic carbocycles. The number of Topliss-reactive ketones (excluding diaryl/α,β-unsaturated/α-hetero) is 1. The fourth-order valence-electron chi connectivity index (χ4n) is 5.61. The lowest BCUT2D eigenvalue weighted by Gasteiger charge is -2.17. The summed E-state index contributed by atoms with van der Waals surface area (Å²) in [5.74, 6) is -3.59. The highest BCUT2D eigenvalue weighted by atomic mass is 16.6. The molecule has 4 rings (SSSR count). The van der Waals surface area contributed by atoms with Crippen LogP contribution in [-0.4, -0.2) is 76.4 Å². The highest BCUT2D eigenvalue weighted by molar-refractivity contribution is 5.83. The summed E-state index contributed by atoms with van der Waals surface area (Å²) < 4.78 is 21.5. The van der Waals surface area contributed by atoms with Gasteiger partial charge in [-0.1, -0.05) is 36.4 Å². The Balaban J connectivity index is 1.17. The number of aromatic hydroxyl groups is 4. The number of hydrogen-bond donors (Lipinski definition) is 5. The van der Waals surface area contributed by atoms with Crippen molar-refractivity contribution in [1.82, 2.24) is 5.32 Å². The molecule has 2 unspecified atom stereocenters. The highest BCUT2D eigenvalue weighted by Gasteiger charge is 2.24. The smallest absolute Gasteiger partial charge is 0.323 e. The number of likely N-dealkylation sites (N-methyl/N-ethyl adjacent to an activating group) is 1. The van der Waals surface area contributed by atoms with Crippen molar-refractivity contribution in [3.8, 4) is 34.5 Å². The van der Waals surface area contributed by atoms with Gasteiger partial charge in [-0.15, -0.1) is 0 Å². The van der Waals surface area contributed by atoms with E-state index in [1.807, 2.05) is 0 Å². The van der Waals surface area contributed by atoms with Gasteiger partial charge >= 0.3 is 23.9 Å². The summed E-state index contributed by atoms with van der Waals surface area (Å²) in [5.41, 5.74) is 2.79. The Morgan fingerprint density at radius 3 is 1.43 bits per heavy atom. The number of ether oxygens (including phenoxy) is 4. The minimum atomic E-state index is -0.792. The van der Waals surface area contributed by atoms with Crippen molar-refractivity contribution < 1.29 is 63.3 Å². The van der Waals surface area contributed by atoms with E-state index in [1.165, 1.54) is 31.2 Å². The van der Waals surface area contributed by atoms with Crippen molar-refractivity contribution in [1.29, 1.82) is 0 Å². The summed E-state index contributed by atoms with van der Waals surface area (Å²) in [5, 5.41) is 41.0. The van der Waals surface area contributed by atoms with Crippen molar-refractivity contribution in [3.05, 3.63) is 107 Å². The van der Waals surface area contributed by atoms with Gasteiger partial charge in [0.15, 0.2) is 23.0 Å². The topological polar surface area (TPSA) is 215 Å². The van der Waals surface area contributed by atoms with Gasteiger partial charge in [-0.2, -0.15) is 0 Å². The van der Waals surface area contributed by atoms with Crippen LogP contribution < -0.4 is 14.8 Å². The van der Waals surface area contributed by atoms with Crippen molar-refractivity contribution in [2.75, 3.05) is 20.3 Å². The molecule has 56 heavy (non-hydrogen) atoms. The third-order valence-corrected chi connectivity index (χ3v) is 8.62. The van der Waals surface area contributed by atoms with E-state index in [4.69, 9.17) is 18.9 Å². The Kier molecular flexibility index (Phi) is 15.8. The van der Waals surface area contributed by atoms with Crippen LogP contribution in [0.4, 0.5) is 0 Å². The van der Waals surface area contributed by atoms with Gasteiger partial charge < -0.3 is 49.5 Å². The third-order valence-electron chi connectivity index (χ3n) is 8.62. The maximum absolute atomic E-state index is 12.9. The first-order chi connectivity index (χ1) is 26.8. The maximum Gasteiger partial charge on any atom is 0.323 e. The van der Waals surface area contributed by atoms with Crippen LogP contribution in [0.3, 0.4) is 0 Å². The SMILES string of the molecule is CNC(Cc1ccc(OC(=O)CCc2ccc(O)c(O)c2)cc1)C(=O)OCCOC(=O)C(CC(C)=O)Cc1ccc(OC(=O)CCc2ccc(O)c(O)c2)cc1. The van der Waals surface area contributed by atoms with Gasteiger partial charge in [-0.25, -0.2) is 0 Å². The summed E-state index contributed by atoms with van der Waals surface area (Å²) in [6.07, 6.45) is 1.09. The van der Waals surface area contributed by atoms with E-state index in [1.54, 1.807) is 67.7 Å². The number of esters is 4. The number of hydrogen-bond acceptors (Lipinski definition) is 14. The molecule has 296 valence electrons. The van der Waals surface area contributed by atoms with Gasteiger partial charge in [0.1, 0.15) is 36.5 Å². The Bertz CT molecular complexity index is 1980. The minimum absolute atomic E-state index is 0.0397. The van der Waals surface area contributed by atoms with Crippen LogP contribution >= 0.6 is 0 Å². The number of phenolic OH excluding ortho intramolecular Hbond substituents is 4. The first-order valence-electron chi connectivity index (χ1n) is 17.9. The molecule has 2 atom stereocenters. The molecular formula is C42H45NO13. The van der Waals surface area contributed by atoms with Crippen LogP contribution in [0, 0.1) is 5.92 Å². The van der Waals surface area contributed by atoms with Crippen LogP contribution in [0.2, 0.25) is 0 Å². The summed E-state index contributed by atoms with van der Waals surface area (Å²) in [6, 6.07) is 21.1. The molecule has 0 fully saturated rings. The molecule has 0 saturated heterocycles. The predicted molar refractivity (Wildman–Crippen MR) is 201 cm³/mol. The maximum atomic E-state index is 12.9. The van der Waals surface area contributed by atoms with E-state index in [-0.39, 0.29) is 74.1 Å². The Labute approximate surface area is 323 Å². The van der Waals surface area contributed by atoms with Gasteiger partial charge in [-0.3, -0.25) is 19.2 Å². The summed E-state index contributed by atoms with van der Waals surface area (Å²) in [7, 11) is 1.60. The van der Waals surface area contributed by atoms with Crippen LogP contribution in [0.15, 0.2) is 84.9 Å². The highest BCUT2D eigenvalue weighted by Crippen LogP contribution is 2.27. The fourth-order valence-corrected chi connectivity index (χ4v) is 5.61. The normalized spacial score (nSPS) is 11.9. The molecule has 0 aliphatic heterocycles. The van der Waals surface area contributed by atoms with Crippen LogP contribution in [0.25, 0.3) is 0 Å². The summed E-state index contributed by atoms with van der Waals surface area (Å²) >= 11 is 0. The lowest BCUT2D eigenvalue weighted by molar-refractivity contribution is -0.156. The molecule has 0 spiro atoms. The number of carbonyl (C=O) groups excluding carboxylic acids is 5. The lowest BCUT2D eigenvalue weighted by atomic mass is 9.94. The first-order valence-corrected chi connectivity index (χ1v) is 17.9. The minimum Gasteiger partial charge on any atom is -0.504 e. The molecular weight excluding hydrogens is 726 g/mol. The molecule has 0 aliphatic carbocycles. The van der Waals surface area contributed by atoms with Crippen molar-refractivity contribution in [2.45, 2.75) is 57.9 Å². The van der Waals surface area contributed by atoms with Crippen LogP contribution in [-0.2, 0) is 59.1 Å². The van der Waals surface area contributed by atoms with Crippen molar-refractivity contribution in [2.24, 2.45) is 5.92 Å². The molecule has 4 aromatic rings. The average Bonchev–Trinajstić information content (AvgIpc) is 3.17. The monoisotopic (exact) mass is 771 g/mol. The van der Waals surface area contributed by atoms with E-state index >= 15 is 0 Å². The molecule has 5 N–H and O–H groups in total. The molecule has 14 nitrogen and oxygen atoms in total. The largest absolute Gasteiger partial charge is 0.504 e. The van der Waals surface area contributed by atoms with Gasteiger partial charge in [0.25, 0.3) is 0 Å². The zero-order valence-corrected chi connectivity index (χ0v) is 31.1. The van der Waals surface area contributed by atoms with Gasteiger partial charge in [0, 0.05) is 19.3 Å². The molecule has 0 saturated carbocycles. The van der Waals surface area contributed by atoms with Crippen LogP contribution in [0.5, 0.6) is 34.5 Å². The molecule has 14 heteroatoms. The molecule has 0 aliphatic rings. The second kappa shape index (κ2) is 20.9. The standard InChI is InChI=1S/C42H45NO13/c1-26(44)21-31(22-27-3-11-32(12-4-27)55-39(49)17-9-29-7-15-35(45)37(47)24-29)41(51)53-19-20-54-42(52)34(43-2)23-28-5-13-33(14-6-28)56-40(50)18-10-30-8-16-36(46)38(48)25-30/h3-8,11-16,24-25,31,34,43,45-48H,9-10,17-23H2,1-2H3. The first kappa shape index (κ1) is 42.3. The number of benzene rings is 4. The van der Waals surface area contributed by atoms with E-state index in [0.717, 1.165) is 5.56 Å².